The molecule has 2 aromatic carbocycles. The molecule has 0 saturated heterocycles. The second kappa shape index (κ2) is 7.92. The summed E-state index contributed by atoms with van der Waals surface area (Å²) in [5, 5.41) is 8.97. The lowest BCUT2D eigenvalue weighted by Crippen LogP contribution is -2.48. The lowest BCUT2D eigenvalue weighted by Gasteiger charge is -2.46. The Kier molecular flexibility index (Phi) is 5.09. The van der Waals surface area contributed by atoms with Crippen molar-refractivity contribution in [2.24, 2.45) is 0 Å². The molecule has 1 saturated carbocycles. The van der Waals surface area contributed by atoms with E-state index in [1.165, 1.54) is 24.0 Å². The number of hydrogen-bond donors (Lipinski definition) is 0. The van der Waals surface area contributed by atoms with E-state index < -0.39 is 0 Å². The van der Waals surface area contributed by atoms with E-state index in [2.05, 4.69) is 30.0 Å². The van der Waals surface area contributed by atoms with E-state index >= 15 is 0 Å². The number of nitriles is 1. The van der Waals surface area contributed by atoms with Crippen LogP contribution in [0.4, 0.5) is 0 Å². The molecule has 1 atom stereocenters. The van der Waals surface area contributed by atoms with Gasteiger partial charge in [-0.3, -0.25) is 4.79 Å². The van der Waals surface area contributed by atoms with Gasteiger partial charge >= 0.3 is 0 Å². The average Bonchev–Trinajstić information content (AvgIpc) is 3.28. The summed E-state index contributed by atoms with van der Waals surface area (Å²) in [7, 11) is 0. The van der Waals surface area contributed by atoms with Crippen LogP contribution in [-0.2, 0) is 16.6 Å². The molecule has 3 aliphatic rings. The molecule has 5 heteroatoms. The SMILES string of the molecule is CC1c2cc3c(cc2C2(CCCC2)CN1C(=O)CCc1ccc(C#N)cc1)OCCO3. The first kappa shape index (κ1) is 19.9. The topological polar surface area (TPSA) is 62.6 Å². The number of nitrogens with zero attached hydrogens (tertiary/aromatic N) is 2. The maximum absolute atomic E-state index is 13.4. The molecule has 5 nitrogen and oxygen atoms in total. The van der Waals surface area contributed by atoms with Gasteiger partial charge in [0.05, 0.1) is 17.7 Å². The standard InChI is InChI=1S/C26H28N2O3/c1-18-21-14-23-24(31-13-12-30-23)15-22(21)26(10-2-3-11-26)17-28(18)25(29)9-8-19-4-6-20(16-27)7-5-19/h4-7,14-15,18H,2-3,8-13,17H2,1H3. The third kappa shape index (κ3) is 3.54. The van der Waals surface area contributed by atoms with Gasteiger partial charge in [-0.2, -0.15) is 5.26 Å². The maximum atomic E-state index is 13.4. The Labute approximate surface area is 183 Å². The lowest BCUT2D eigenvalue weighted by molar-refractivity contribution is -0.135. The Morgan fingerprint density at radius 1 is 1.13 bits per heavy atom. The molecule has 1 spiro atoms. The van der Waals surface area contributed by atoms with Crippen molar-refractivity contribution in [2.75, 3.05) is 19.8 Å². The molecule has 0 aromatic heterocycles. The predicted molar refractivity (Wildman–Crippen MR) is 117 cm³/mol. The normalized spacial score (nSPS) is 20.9. The molecule has 0 N–H and O–H groups in total. The second-order valence-corrected chi connectivity index (χ2v) is 9.08. The predicted octanol–water partition coefficient (Wildman–Crippen LogP) is 4.68. The van der Waals surface area contributed by atoms with Crippen LogP contribution in [0.1, 0.15) is 67.3 Å². The molecule has 1 aliphatic carbocycles. The number of fused-ring (bicyclic) bond motifs is 3. The molecular weight excluding hydrogens is 388 g/mol. The molecule has 31 heavy (non-hydrogen) atoms. The first-order valence-corrected chi connectivity index (χ1v) is 11.3. The van der Waals surface area contributed by atoms with Gasteiger partial charge in [0, 0.05) is 18.4 Å². The van der Waals surface area contributed by atoms with Crippen molar-refractivity contribution in [3.63, 3.8) is 0 Å². The zero-order chi connectivity index (χ0) is 21.4. The van der Waals surface area contributed by atoms with E-state index in [0.717, 1.165) is 36.4 Å². The monoisotopic (exact) mass is 416 g/mol. The summed E-state index contributed by atoms with van der Waals surface area (Å²) >= 11 is 0. The third-order valence-corrected chi connectivity index (χ3v) is 7.27. The summed E-state index contributed by atoms with van der Waals surface area (Å²) in [6.07, 6.45) is 5.81. The van der Waals surface area contributed by atoms with Crippen molar-refractivity contribution in [1.29, 1.82) is 5.26 Å². The van der Waals surface area contributed by atoms with Crippen LogP contribution in [0.5, 0.6) is 11.5 Å². The van der Waals surface area contributed by atoms with Crippen LogP contribution in [0.15, 0.2) is 36.4 Å². The van der Waals surface area contributed by atoms with Crippen molar-refractivity contribution in [3.8, 4) is 17.6 Å². The first-order valence-electron chi connectivity index (χ1n) is 11.3. The van der Waals surface area contributed by atoms with Gasteiger partial charge in [0.25, 0.3) is 0 Å². The van der Waals surface area contributed by atoms with Crippen LogP contribution in [-0.4, -0.2) is 30.6 Å². The molecule has 0 radical (unpaired) electrons. The van der Waals surface area contributed by atoms with Crippen LogP contribution < -0.4 is 9.47 Å². The van der Waals surface area contributed by atoms with E-state index in [4.69, 9.17) is 14.7 Å². The van der Waals surface area contributed by atoms with Gasteiger partial charge < -0.3 is 14.4 Å². The molecule has 2 heterocycles. The van der Waals surface area contributed by atoms with E-state index in [9.17, 15) is 4.79 Å². The molecule has 5 rings (SSSR count). The zero-order valence-electron chi connectivity index (χ0n) is 18.0. The quantitative estimate of drug-likeness (QED) is 0.729. The third-order valence-electron chi connectivity index (χ3n) is 7.27. The molecule has 1 unspecified atom stereocenters. The summed E-state index contributed by atoms with van der Waals surface area (Å²) in [6, 6.07) is 14.0. The highest BCUT2D eigenvalue weighted by atomic mass is 16.6. The summed E-state index contributed by atoms with van der Waals surface area (Å²) in [4.78, 5) is 15.5. The molecule has 1 amide bonds. The van der Waals surface area contributed by atoms with E-state index in [1.54, 1.807) is 0 Å². The Morgan fingerprint density at radius 3 is 2.48 bits per heavy atom. The molecule has 2 aliphatic heterocycles. The number of carbonyl (C=O) groups is 1. The van der Waals surface area contributed by atoms with Crippen LogP contribution in [0.3, 0.4) is 0 Å². The largest absolute Gasteiger partial charge is 0.486 e. The zero-order valence-corrected chi connectivity index (χ0v) is 18.0. The Hall–Kier alpha value is -3.00. The van der Waals surface area contributed by atoms with E-state index in [1.807, 2.05) is 24.3 Å². The molecular formula is C26H28N2O3. The Balaban J connectivity index is 1.41. The molecule has 160 valence electrons. The van der Waals surface area contributed by atoms with Gasteiger partial charge in [-0.05, 0) is 67.1 Å². The van der Waals surface area contributed by atoms with Crippen molar-refractivity contribution >= 4 is 5.91 Å². The van der Waals surface area contributed by atoms with Gasteiger partial charge in [0.2, 0.25) is 5.91 Å². The van der Waals surface area contributed by atoms with Crippen LogP contribution in [0.25, 0.3) is 0 Å². The highest BCUT2D eigenvalue weighted by molar-refractivity contribution is 5.78. The van der Waals surface area contributed by atoms with E-state index in [-0.39, 0.29) is 17.4 Å². The number of carbonyl (C=O) groups excluding carboxylic acids is 1. The lowest BCUT2D eigenvalue weighted by atomic mass is 9.71. The maximum Gasteiger partial charge on any atom is 0.223 e. The van der Waals surface area contributed by atoms with Gasteiger partial charge in [-0.15, -0.1) is 0 Å². The number of amides is 1. The summed E-state index contributed by atoms with van der Waals surface area (Å²) in [6.45, 7) is 4.08. The number of rotatable bonds is 3. The van der Waals surface area contributed by atoms with Crippen molar-refractivity contribution in [1.82, 2.24) is 4.90 Å². The first-order chi connectivity index (χ1) is 15.1. The highest BCUT2D eigenvalue weighted by Crippen LogP contribution is 2.52. The van der Waals surface area contributed by atoms with Crippen molar-refractivity contribution < 1.29 is 14.3 Å². The Bertz CT molecular complexity index is 1030. The van der Waals surface area contributed by atoms with Gasteiger partial charge in [-0.1, -0.05) is 25.0 Å². The average molecular weight is 417 g/mol. The van der Waals surface area contributed by atoms with E-state index in [0.29, 0.717) is 31.6 Å². The van der Waals surface area contributed by atoms with Crippen molar-refractivity contribution in [2.45, 2.75) is 56.9 Å². The van der Waals surface area contributed by atoms with Crippen LogP contribution in [0.2, 0.25) is 0 Å². The molecule has 1 fully saturated rings. The number of hydrogen-bond acceptors (Lipinski definition) is 4. The number of benzene rings is 2. The van der Waals surface area contributed by atoms with Crippen LogP contribution >= 0.6 is 0 Å². The summed E-state index contributed by atoms with van der Waals surface area (Å²) in [5.41, 5.74) is 4.34. The fourth-order valence-electron chi connectivity index (χ4n) is 5.55. The fourth-order valence-corrected chi connectivity index (χ4v) is 5.55. The minimum Gasteiger partial charge on any atom is -0.486 e. The Morgan fingerprint density at radius 2 is 1.81 bits per heavy atom. The second-order valence-electron chi connectivity index (χ2n) is 9.08. The summed E-state index contributed by atoms with van der Waals surface area (Å²) in [5.74, 6) is 1.85. The van der Waals surface area contributed by atoms with Gasteiger partial charge in [0.1, 0.15) is 13.2 Å². The number of aryl methyl sites for hydroxylation is 1. The highest BCUT2D eigenvalue weighted by Gasteiger charge is 2.46. The number of ether oxygens (including phenoxy) is 2. The smallest absolute Gasteiger partial charge is 0.223 e. The van der Waals surface area contributed by atoms with Crippen LogP contribution in [0, 0.1) is 11.3 Å². The minimum atomic E-state index is 0.0190. The fraction of sp³-hybridized carbons (Fsp3) is 0.462. The summed E-state index contributed by atoms with van der Waals surface area (Å²) < 4.78 is 11.7. The molecule has 2 aromatic rings. The van der Waals surface area contributed by atoms with Gasteiger partial charge in [-0.25, -0.2) is 0 Å². The minimum absolute atomic E-state index is 0.0190. The molecule has 0 bridgehead atoms. The van der Waals surface area contributed by atoms with Crippen molar-refractivity contribution in [3.05, 3.63) is 58.7 Å². The van der Waals surface area contributed by atoms with Gasteiger partial charge in [0.15, 0.2) is 11.5 Å².